The Labute approximate surface area is 251 Å². The number of fused-ring (bicyclic) bond motifs is 2. The maximum Gasteiger partial charge on any atom is 0.209 e. The second-order valence-corrected chi connectivity index (χ2v) is 11.4. The van der Waals surface area contributed by atoms with Crippen molar-refractivity contribution in [3.05, 3.63) is 106 Å². The van der Waals surface area contributed by atoms with Crippen molar-refractivity contribution in [1.29, 1.82) is 0 Å². The number of hydrogen-bond donors (Lipinski definition) is 0. The normalized spacial score (nSPS) is 20.5. The van der Waals surface area contributed by atoms with Gasteiger partial charge in [-0.15, -0.1) is 0 Å². The quantitative estimate of drug-likeness (QED) is 0.267. The van der Waals surface area contributed by atoms with Gasteiger partial charge < -0.3 is 28.9 Å². The monoisotopic (exact) mass is 638 g/mol. The molecule has 0 unspecified atom stereocenters. The van der Waals surface area contributed by atoms with E-state index in [9.17, 15) is 0 Å². The van der Waals surface area contributed by atoms with Gasteiger partial charge >= 0.3 is 0 Å². The number of nitrogens with zero attached hydrogens (tertiary/aromatic N) is 2. The number of hydrogen-bond acceptors (Lipinski definition) is 1. The summed E-state index contributed by atoms with van der Waals surface area (Å²) in [5.41, 5.74) is 10.8. The highest BCUT2D eigenvalue weighted by Gasteiger charge is 2.43. The summed E-state index contributed by atoms with van der Waals surface area (Å²) in [5, 5.41) is 0.938. The lowest BCUT2D eigenvalue weighted by molar-refractivity contribution is -0.437. The number of halogens is 2. The lowest BCUT2D eigenvalue weighted by Crippen LogP contribution is -3.00. The Morgan fingerprint density at radius 3 is 2.50 bits per heavy atom. The van der Waals surface area contributed by atoms with Gasteiger partial charge in [0.2, 0.25) is 5.69 Å². The minimum Gasteiger partial charge on any atom is -1.00 e. The largest absolute Gasteiger partial charge is 1.00 e. The van der Waals surface area contributed by atoms with Crippen molar-refractivity contribution in [2.24, 2.45) is 0 Å². The van der Waals surface area contributed by atoms with E-state index in [1.807, 2.05) is 0 Å². The molecule has 3 aliphatic rings. The van der Waals surface area contributed by atoms with Gasteiger partial charge in [0.1, 0.15) is 6.54 Å². The van der Waals surface area contributed by atoms with Gasteiger partial charge in [0, 0.05) is 53.5 Å². The molecule has 0 amide bonds. The van der Waals surface area contributed by atoms with Crippen LogP contribution in [0.25, 0.3) is 0 Å². The molecule has 0 spiro atoms. The van der Waals surface area contributed by atoms with Crippen LogP contribution < -0.4 is 28.9 Å². The molecule has 200 valence electrons. The van der Waals surface area contributed by atoms with E-state index in [0.29, 0.717) is 0 Å². The number of para-hydroxylation sites is 2. The Kier molecular flexibility index (Phi) is 9.41. The van der Waals surface area contributed by atoms with Crippen molar-refractivity contribution in [1.82, 2.24) is 0 Å². The topological polar surface area (TPSA) is 6.25 Å². The summed E-state index contributed by atoms with van der Waals surface area (Å²) in [6.45, 7) is 11.3. The first-order valence-corrected chi connectivity index (χ1v) is 14.4. The van der Waals surface area contributed by atoms with Crippen LogP contribution in [0.5, 0.6) is 0 Å². The van der Waals surface area contributed by atoms with Gasteiger partial charge in [-0.25, -0.2) is 0 Å². The first kappa shape index (κ1) is 28.9. The zero-order valence-corrected chi connectivity index (χ0v) is 26.1. The molecule has 0 saturated carbocycles. The fraction of sp³-hybridized carbons (Fsp3) is 0.382. The van der Waals surface area contributed by atoms with Crippen molar-refractivity contribution in [3.8, 4) is 0 Å². The molecule has 2 aromatic carbocycles. The molecule has 2 aliphatic heterocycles. The van der Waals surface area contributed by atoms with Crippen molar-refractivity contribution >= 4 is 28.7 Å². The molecule has 2 aromatic rings. The van der Waals surface area contributed by atoms with E-state index in [0.717, 1.165) is 56.6 Å². The zero-order chi connectivity index (χ0) is 26.0. The third-order valence-corrected chi connectivity index (χ3v) is 8.56. The Morgan fingerprint density at radius 1 is 0.947 bits per heavy atom. The molecule has 4 heteroatoms. The van der Waals surface area contributed by atoms with E-state index in [-0.39, 0.29) is 29.4 Å². The predicted octanol–water partition coefficient (Wildman–Crippen LogP) is 5.99. The van der Waals surface area contributed by atoms with Crippen LogP contribution in [0.15, 0.2) is 94.7 Å². The summed E-state index contributed by atoms with van der Waals surface area (Å²) in [7, 11) is 0. The molecule has 0 bridgehead atoms. The molecule has 0 saturated heterocycles. The Bertz CT molecular complexity index is 1340. The van der Waals surface area contributed by atoms with E-state index in [1.54, 1.807) is 0 Å². The zero-order valence-electron chi connectivity index (χ0n) is 23.2. The summed E-state index contributed by atoms with van der Waals surface area (Å²) in [6.07, 6.45) is 15.7. The highest BCUT2D eigenvalue weighted by atomic mass is 127. The van der Waals surface area contributed by atoms with Crippen LogP contribution in [0.4, 0.5) is 11.4 Å². The predicted molar refractivity (Wildman–Crippen MR) is 159 cm³/mol. The van der Waals surface area contributed by atoms with Gasteiger partial charge in [0.25, 0.3) is 0 Å². The smallest absolute Gasteiger partial charge is 0.209 e. The summed E-state index contributed by atoms with van der Waals surface area (Å²) >= 11 is 7.06. The molecule has 1 aliphatic carbocycles. The SMILES string of the molecule is CCCN1C(=C/C=C2\CCCC(/C=C/C3=[N+](CCC)c4ccccc4C3(C)C)=C2Cl)Cc2ccccc21.[I-]. The second-order valence-electron chi connectivity index (χ2n) is 11.0. The highest BCUT2D eigenvalue weighted by Crippen LogP contribution is 2.41. The Morgan fingerprint density at radius 2 is 1.71 bits per heavy atom. The molecule has 5 rings (SSSR count). The first-order valence-electron chi connectivity index (χ1n) is 14.0. The molecule has 0 atom stereocenters. The van der Waals surface area contributed by atoms with Crippen LogP contribution in [-0.2, 0) is 11.8 Å². The lowest BCUT2D eigenvalue weighted by Gasteiger charge is -2.21. The average Bonchev–Trinajstić information content (AvgIpc) is 3.35. The highest BCUT2D eigenvalue weighted by molar-refractivity contribution is 6.32. The number of anilines is 1. The number of benzene rings is 2. The lowest BCUT2D eigenvalue weighted by atomic mass is 9.81. The van der Waals surface area contributed by atoms with Crippen LogP contribution in [0.2, 0.25) is 0 Å². The Hall–Kier alpha value is -2.11. The average molecular weight is 639 g/mol. The Balaban J connectivity index is 0.00000336. The fourth-order valence-corrected chi connectivity index (χ4v) is 6.51. The summed E-state index contributed by atoms with van der Waals surface area (Å²) < 4.78 is 2.50. The molecule has 38 heavy (non-hydrogen) atoms. The molecule has 2 nitrogen and oxygen atoms in total. The maximum atomic E-state index is 7.06. The van der Waals surface area contributed by atoms with Crippen molar-refractivity contribution in [3.63, 3.8) is 0 Å². The second kappa shape index (κ2) is 12.4. The minimum absolute atomic E-state index is 0. The summed E-state index contributed by atoms with van der Waals surface area (Å²) in [5.74, 6) is 0. The van der Waals surface area contributed by atoms with Crippen molar-refractivity contribution in [2.45, 2.75) is 71.6 Å². The number of allylic oxidation sites excluding steroid dienone is 8. The molecular weight excluding hydrogens is 599 g/mol. The molecule has 0 radical (unpaired) electrons. The molecule has 2 heterocycles. The van der Waals surface area contributed by atoms with Crippen LogP contribution >= 0.6 is 11.6 Å². The fourth-order valence-electron chi connectivity index (χ4n) is 6.20. The third kappa shape index (κ3) is 5.47. The van der Waals surface area contributed by atoms with Crippen LogP contribution in [-0.4, -0.2) is 23.4 Å². The molecule has 0 N–H and O–H groups in total. The summed E-state index contributed by atoms with van der Waals surface area (Å²) in [6, 6.07) is 17.7. The molecular formula is C34H40ClIN2. The standard InChI is InChI=1S/C34H40ClN2.HI/c1-5-22-36-28(24-27-12-7-9-16-30(27)36)20-18-25-13-11-14-26(33(25)35)19-21-32-34(3,4)29-15-8-10-17-31(29)37(32)23-6-2;/h7-10,12,15-21H,5-6,11,13-14,22-24H2,1-4H3;1H/q+1;/p-1. The van der Waals surface area contributed by atoms with Gasteiger partial charge in [0.15, 0.2) is 5.71 Å². The molecule has 0 fully saturated rings. The van der Waals surface area contributed by atoms with Gasteiger partial charge in [-0.3, -0.25) is 0 Å². The van der Waals surface area contributed by atoms with E-state index >= 15 is 0 Å². The van der Waals surface area contributed by atoms with Gasteiger partial charge in [-0.1, -0.05) is 74.0 Å². The van der Waals surface area contributed by atoms with Crippen molar-refractivity contribution in [2.75, 3.05) is 18.0 Å². The number of rotatable bonds is 7. The molecule has 0 aromatic heterocycles. The van der Waals surface area contributed by atoms with Gasteiger partial charge in [-0.05, 0) is 68.4 Å². The maximum absolute atomic E-state index is 7.06. The minimum atomic E-state index is -0.0206. The third-order valence-electron chi connectivity index (χ3n) is 8.07. The van der Waals surface area contributed by atoms with Crippen molar-refractivity contribution < 1.29 is 28.6 Å². The van der Waals surface area contributed by atoms with Gasteiger partial charge in [0.05, 0.1) is 5.41 Å². The van der Waals surface area contributed by atoms with E-state index in [4.69, 9.17) is 11.6 Å². The summed E-state index contributed by atoms with van der Waals surface area (Å²) in [4.78, 5) is 2.48. The first-order chi connectivity index (χ1) is 18.0. The van der Waals surface area contributed by atoms with Crippen LogP contribution in [0, 0.1) is 0 Å². The van der Waals surface area contributed by atoms with Crippen LogP contribution in [0.1, 0.15) is 70.9 Å². The van der Waals surface area contributed by atoms with E-state index in [1.165, 1.54) is 45.1 Å². The van der Waals surface area contributed by atoms with E-state index in [2.05, 4.69) is 110 Å². The van der Waals surface area contributed by atoms with Gasteiger partial charge in [-0.2, -0.15) is 4.58 Å². The van der Waals surface area contributed by atoms with Crippen LogP contribution in [0.3, 0.4) is 0 Å². The van der Waals surface area contributed by atoms with E-state index < -0.39 is 0 Å².